The molecular formula is C29H35N3O3S. The number of amides is 1. The Bertz CT molecular complexity index is 1360. The molecule has 1 N–H and O–H groups in total. The van der Waals surface area contributed by atoms with Gasteiger partial charge in [-0.1, -0.05) is 29.8 Å². The number of benzene rings is 2. The number of hydrogen-bond acceptors (Lipinski definition) is 4. The fraction of sp³-hybridized carbons (Fsp3) is 0.517. The molecule has 4 aliphatic rings. The van der Waals surface area contributed by atoms with E-state index in [0.29, 0.717) is 24.3 Å². The Balaban J connectivity index is 1.16. The third kappa shape index (κ3) is 4.58. The van der Waals surface area contributed by atoms with Gasteiger partial charge in [0, 0.05) is 24.9 Å². The first kappa shape index (κ1) is 23.7. The summed E-state index contributed by atoms with van der Waals surface area (Å²) in [6.07, 6.45) is 8.16. The molecule has 1 heterocycles. The Morgan fingerprint density at radius 2 is 1.64 bits per heavy atom. The van der Waals surface area contributed by atoms with Crippen molar-refractivity contribution >= 4 is 26.8 Å². The van der Waals surface area contributed by atoms with Crippen LogP contribution in [0.5, 0.6) is 0 Å². The number of rotatable bonds is 8. The summed E-state index contributed by atoms with van der Waals surface area (Å²) >= 11 is 0. The Hall–Kier alpha value is -2.67. The van der Waals surface area contributed by atoms with E-state index in [0.717, 1.165) is 59.4 Å². The van der Waals surface area contributed by atoms with Crippen LogP contribution >= 0.6 is 0 Å². The van der Waals surface area contributed by atoms with Gasteiger partial charge >= 0.3 is 0 Å². The van der Waals surface area contributed by atoms with E-state index in [4.69, 9.17) is 4.98 Å². The molecule has 0 spiro atoms. The molecule has 4 saturated carbocycles. The third-order valence-corrected chi connectivity index (χ3v) is 10.4. The average Bonchev–Trinajstić information content (AvgIpc) is 3.18. The first-order valence-electron chi connectivity index (χ1n) is 13.3. The highest BCUT2D eigenvalue weighted by molar-refractivity contribution is 7.91. The fourth-order valence-corrected chi connectivity index (χ4v) is 8.73. The van der Waals surface area contributed by atoms with Crippen LogP contribution in [0.2, 0.25) is 0 Å². The highest BCUT2D eigenvalue weighted by Crippen LogP contribution is 2.55. The molecule has 1 aromatic heterocycles. The molecule has 2 aromatic carbocycles. The zero-order chi connectivity index (χ0) is 24.9. The number of hydrogen-bond donors (Lipinski definition) is 1. The molecule has 4 aliphatic carbocycles. The van der Waals surface area contributed by atoms with Crippen LogP contribution in [0.15, 0.2) is 53.4 Å². The lowest BCUT2D eigenvalue weighted by Gasteiger charge is -2.56. The maximum absolute atomic E-state index is 13.2. The molecule has 3 aromatic rings. The molecule has 0 aliphatic heterocycles. The Kier molecular flexibility index (Phi) is 5.94. The maximum atomic E-state index is 13.2. The van der Waals surface area contributed by atoms with E-state index in [1.165, 1.54) is 19.3 Å². The SMILES string of the molecule is Cc1ccc(S(=O)(=O)CCc2nc3ccccc3n2CCC(=O)NC23CC4CC(CC(C4)C2)C3)cc1. The number of carbonyl (C=O) groups excluding carboxylic acids is 1. The Morgan fingerprint density at radius 3 is 2.31 bits per heavy atom. The molecule has 1 amide bonds. The minimum atomic E-state index is -3.42. The quantitative estimate of drug-likeness (QED) is 0.475. The van der Waals surface area contributed by atoms with Gasteiger partial charge in [0.05, 0.1) is 21.7 Å². The monoisotopic (exact) mass is 505 g/mol. The number of sulfone groups is 1. The van der Waals surface area contributed by atoms with Crippen molar-refractivity contribution in [2.75, 3.05) is 5.75 Å². The van der Waals surface area contributed by atoms with Crippen LogP contribution in [0.25, 0.3) is 11.0 Å². The van der Waals surface area contributed by atoms with E-state index in [9.17, 15) is 13.2 Å². The smallest absolute Gasteiger partial charge is 0.222 e. The number of imidazole rings is 1. The lowest BCUT2D eigenvalue weighted by atomic mass is 9.53. The molecular weight excluding hydrogens is 470 g/mol. The van der Waals surface area contributed by atoms with E-state index in [-0.39, 0.29) is 17.2 Å². The number of aryl methyl sites for hydroxylation is 3. The molecule has 4 bridgehead atoms. The fourth-order valence-electron chi connectivity index (χ4n) is 7.49. The summed E-state index contributed by atoms with van der Waals surface area (Å²) < 4.78 is 28.0. The predicted octanol–water partition coefficient (Wildman–Crippen LogP) is 4.84. The van der Waals surface area contributed by atoms with Crippen LogP contribution in [-0.4, -0.2) is 35.2 Å². The van der Waals surface area contributed by atoms with Gasteiger partial charge in [0.1, 0.15) is 5.82 Å². The summed E-state index contributed by atoms with van der Waals surface area (Å²) in [5.74, 6) is 3.17. The molecule has 7 heteroatoms. The highest BCUT2D eigenvalue weighted by atomic mass is 32.2. The number of aromatic nitrogens is 2. The number of nitrogens with zero attached hydrogens (tertiary/aromatic N) is 2. The molecule has 0 unspecified atom stereocenters. The molecule has 6 nitrogen and oxygen atoms in total. The number of carbonyl (C=O) groups is 1. The zero-order valence-corrected chi connectivity index (χ0v) is 21.8. The summed E-state index contributed by atoms with van der Waals surface area (Å²) in [6, 6.07) is 14.8. The average molecular weight is 506 g/mol. The highest BCUT2D eigenvalue weighted by Gasteiger charge is 2.51. The topological polar surface area (TPSA) is 81.1 Å². The minimum Gasteiger partial charge on any atom is -0.351 e. The van der Waals surface area contributed by atoms with Crippen LogP contribution in [0.4, 0.5) is 0 Å². The van der Waals surface area contributed by atoms with E-state index in [2.05, 4.69) is 5.32 Å². The third-order valence-electron chi connectivity index (χ3n) is 8.71. The summed E-state index contributed by atoms with van der Waals surface area (Å²) in [5.41, 5.74) is 2.82. The lowest BCUT2D eigenvalue weighted by Crippen LogP contribution is -2.59. The van der Waals surface area contributed by atoms with Gasteiger partial charge in [-0.3, -0.25) is 4.79 Å². The number of para-hydroxylation sites is 2. The van der Waals surface area contributed by atoms with Crippen LogP contribution in [0.3, 0.4) is 0 Å². The standard InChI is InChI=1S/C29H35N3O3S/c1-20-6-8-24(9-7-20)36(34,35)13-11-27-30-25-4-2-3-5-26(25)32(27)12-10-28(33)31-29-17-21-14-22(18-29)16-23(15-21)19-29/h2-9,21-23H,10-19H2,1H3,(H,31,33). The first-order chi connectivity index (χ1) is 17.3. The van der Waals surface area contributed by atoms with Gasteiger partial charge in [-0.05, 0) is 87.5 Å². The maximum Gasteiger partial charge on any atom is 0.222 e. The molecule has 4 fully saturated rings. The second-order valence-electron chi connectivity index (χ2n) is 11.5. The van der Waals surface area contributed by atoms with Gasteiger partial charge in [-0.2, -0.15) is 0 Å². The van der Waals surface area contributed by atoms with E-state index < -0.39 is 9.84 Å². The van der Waals surface area contributed by atoms with Crippen molar-refractivity contribution in [3.8, 4) is 0 Å². The van der Waals surface area contributed by atoms with Crippen molar-refractivity contribution in [2.24, 2.45) is 17.8 Å². The van der Waals surface area contributed by atoms with Crippen molar-refractivity contribution in [3.05, 3.63) is 59.9 Å². The molecule has 0 radical (unpaired) electrons. The van der Waals surface area contributed by atoms with Crippen molar-refractivity contribution in [2.45, 2.75) is 75.3 Å². The van der Waals surface area contributed by atoms with Gasteiger partial charge in [-0.15, -0.1) is 0 Å². The molecule has 0 saturated heterocycles. The van der Waals surface area contributed by atoms with Gasteiger partial charge in [0.25, 0.3) is 0 Å². The van der Waals surface area contributed by atoms with Crippen LogP contribution < -0.4 is 5.32 Å². The van der Waals surface area contributed by atoms with Crippen molar-refractivity contribution in [1.29, 1.82) is 0 Å². The Morgan fingerprint density at radius 1 is 1.00 bits per heavy atom. The molecule has 36 heavy (non-hydrogen) atoms. The van der Waals surface area contributed by atoms with E-state index in [1.54, 1.807) is 12.1 Å². The largest absolute Gasteiger partial charge is 0.351 e. The second-order valence-corrected chi connectivity index (χ2v) is 13.7. The van der Waals surface area contributed by atoms with E-state index >= 15 is 0 Å². The van der Waals surface area contributed by atoms with Gasteiger partial charge in [-0.25, -0.2) is 13.4 Å². The summed E-state index contributed by atoms with van der Waals surface area (Å²) in [4.78, 5) is 18.2. The first-order valence-corrected chi connectivity index (χ1v) is 15.0. The van der Waals surface area contributed by atoms with Crippen LogP contribution in [0.1, 0.15) is 56.3 Å². The summed E-state index contributed by atoms with van der Waals surface area (Å²) in [6.45, 7) is 2.44. The molecule has 7 rings (SSSR count). The lowest BCUT2D eigenvalue weighted by molar-refractivity contribution is -0.127. The second kappa shape index (κ2) is 9.02. The molecule has 190 valence electrons. The van der Waals surface area contributed by atoms with E-state index in [1.807, 2.05) is 47.9 Å². The number of fused-ring (bicyclic) bond motifs is 1. The minimum absolute atomic E-state index is 0.00772. The van der Waals surface area contributed by atoms with Gasteiger partial charge in [0.15, 0.2) is 9.84 Å². The molecule has 0 atom stereocenters. The Labute approximate surface area is 213 Å². The van der Waals surface area contributed by atoms with Crippen molar-refractivity contribution in [3.63, 3.8) is 0 Å². The number of nitrogens with one attached hydrogen (secondary N) is 1. The predicted molar refractivity (Wildman–Crippen MR) is 140 cm³/mol. The van der Waals surface area contributed by atoms with Gasteiger partial charge in [0.2, 0.25) is 5.91 Å². The van der Waals surface area contributed by atoms with Crippen molar-refractivity contribution in [1.82, 2.24) is 14.9 Å². The zero-order valence-electron chi connectivity index (χ0n) is 20.9. The normalized spacial score (nSPS) is 27.0. The summed E-state index contributed by atoms with van der Waals surface area (Å²) in [5, 5.41) is 3.47. The van der Waals surface area contributed by atoms with Crippen LogP contribution in [0, 0.1) is 24.7 Å². The van der Waals surface area contributed by atoms with Crippen LogP contribution in [-0.2, 0) is 27.6 Å². The van der Waals surface area contributed by atoms with Gasteiger partial charge < -0.3 is 9.88 Å². The van der Waals surface area contributed by atoms with Crippen molar-refractivity contribution < 1.29 is 13.2 Å². The summed E-state index contributed by atoms with van der Waals surface area (Å²) in [7, 11) is -3.42.